The number of para-hydroxylation sites is 1. The number of rotatable bonds is 4. The molecule has 0 N–H and O–H groups in total. The molecule has 3 aromatic heterocycles. The number of fused-ring (bicyclic) bond motifs is 7. The highest BCUT2D eigenvalue weighted by molar-refractivity contribution is 6.22. The van der Waals surface area contributed by atoms with Crippen LogP contribution in [0.5, 0.6) is 0 Å². The predicted molar refractivity (Wildman–Crippen MR) is 182 cm³/mol. The monoisotopic (exact) mass is 576 g/mol. The van der Waals surface area contributed by atoms with Gasteiger partial charge in [-0.3, -0.25) is 0 Å². The molecular formula is C40H24N4O. The van der Waals surface area contributed by atoms with Gasteiger partial charge >= 0.3 is 0 Å². The molecule has 3 heterocycles. The summed E-state index contributed by atoms with van der Waals surface area (Å²) in [5, 5.41) is 5.31. The Labute approximate surface area is 258 Å². The van der Waals surface area contributed by atoms with Crippen LogP contribution in [0.3, 0.4) is 0 Å². The van der Waals surface area contributed by atoms with Gasteiger partial charge in [0.15, 0.2) is 17.5 Å². The van der Waals surface area contributed by atoms with Crippen molar-refractivity contribution >= 4 is 43.6 Å². The number of benzene rings is 6. The third kappa shape index (κ3) is 4.25. The molecule has 0 radical (unpaired) electrons. The molecule has 9 rings (SSSR count). The topological polar surface area (TPSA) is 64.7 Å². The number of hydrogen-bond donors (Lipinski definition) is 0. The molecular weight excluding hydrogens is 552 g/mol. The minimum atomic E-state index is 0.616. The van der Waals surface area contributed by atoms with Crippen molar-refractivity contribution in [3.8, 4) is 45.4 Å². The average molecular weight is 577 g/mol. The number of aromatic nitrogens is 4. The molecule has 6 aromatic carbocycles. The number of furan rings is 1. The SMILES string of the molecule is c1ccc(-c2nc(-c3ccccc3)nc(-c3ccc(-c4nc5c6ccccc6ccc5c5oc6ccccc6c45)cc3)n2)cc1. The van der Waals surface area contributed by atoms with E-state index in [1.165, 1.54) is 0 Å². The lowest BCUT2D eigenvalue weighted by molar-refractivity contribution is 0.672. The molecule has 45 heavy (non-hydrogen) atoms. The Bertz CT molecular complexity index is 2460. The fraction of sp³-hybridized carbons (Fsp3) is 0. The normalized spacial score (nSPS) is 11.6. The highest BCUT2D eigenvalue weighted by Gasteiger charge is 2.19. The Morgan fingerprint density at radius 2 is 0.911 bits per heavy atom. The molecule has 0 fully saturated rings. The van der Waals surface area contributed by atoms with Gasteiger partial charge in [-0.1, -0.05) is 133 Å². The van der Waals surface area contributed by atoms with Gasteiger partial charge in [0.1, 0.15) is 11.2 Å². The highest BCUT2D eigenvalue weighted by Crippen LogP contribution is 2.41. The van der Waals surface area contributed by atoms with Crippen LogP contribution in [0.15, 0.2) is 150 Å². The summed E-state index contributed by atoms with van der Waals surface area (Å²) in [4.78, 5) is 20.0. The second-order valence-corrected chi connectivity index (χ2v) is 11.1. The summed E-state index contributed by atoms with van der Waals surface area (Å²) < 4.78 is 6.51. The Kier molecular flexibility index (Phi) is 5.74. The van der Waals surface area contributed by atoms with Gasteiger partial charge in [0.25, 0.3) is 0 Å². The van der Waals surface area contributed by atoms with Gasteiger partial charge in [0, 0.05) is 38.4 Å². The molecule has 0 aliphatic heterocycles. The first-order valence-corrected chi connectivity index (χ1v) is 14.9. The molecule has 0 spiro atoms. The molecule has 210 valence electrons. The average Bonchev–Trinajstić information content (AvgIpc) is 3.52. The van der Waals surface area contributed by atoms with Crippen molar-refractivity contribution in [2.75, 3.05) is 0 Å². The quantitative estimate of drug-likeness (QED) is 0.195. The van der Waals surface area contributed by atoms with Gasteiger partial charge < -0.3 is 4.42 Å². The summed E-state index contributed by atoms with van der Waals surface area (Å²) in [6, 6.07) is 49.2. The second-order valence-electron chi connectivity index (χ2n) is 11.1. The molecule has 0 atom stereocenters. The molecule has 0 amide bonds. The first-order chi connectivity index (χ1) is 22.3. The molecule has 0 aliphatic carbocycles. The van der Waals surface area contributed by atoms with Crippen LogP contribution >= 0.6 is 0 Å². The van der Waals surface area contributed by atoms with E-state index in [4.69, 9.17) is 24.4 Å². The fourth-order valence-electron chi connectivity index (χ4n) is 6.12. The number of nitrogens with zero attached hydrogens (tertiary/aromatic N) is 4. The molecule has 5 nitrogen and oxygen atoms in total. The van der Waals surface area contributed by atoms with Crippen molar-refractivity contribution in [3.63, 3.8) is 0 Å². The maximum Gasteiger partial charge on any atom is 0.164 e. The number of pyridine rings is 1. The van der Waals surface area contributed by atoms with Gasteiger partial charge in [-0.05, 0) is 17.5 Å². The van der Waals surface area contributed by atoms with Crippen LogP contribution in [-0.4, -0.2) is 19.9 Å². The van der Waals surface area contributed by atoms with Gasteiger partial charge in [0.05, 0.1) is 16.6 Å². The second kappa shape index (κ2) is 10.2. The van der Waals surface area contributed by atoms with Crippen LogP contribution in [0.25, 0.3) is 89.0 Å². The zero-order chi connectivity index (χ0) is 29.7. The van der Waals surface area contributed by atoms with E-state index < -0.39 is 0 Å². The summed E-state index contributed by atoms with van der Waals surface area (Å²) in [6.45, 7) is 0. The summed E-state index contributed by atoms with van der Waals surface area (Å²) in [5.74, 6) is 1.89. The zero-order valence-electron chi connectivity index (χ0n) is 24.1. The fourth-order valence-corrected chi connectivity index (χ4v) is 6.12. The van der Waals surface area contributed by atoms with E-state index in [0.29, 0.717) is 17.5 Å². The van der Waals surface area contributed by atoms with E-state index in [0.717, 1.165) is 71.6 Å². The van der Waals surface area contributed by atoms with E-state index in [2.05, 4.69) is 66.7 Å². The minimum absolute atomic E-state index is 0.616. The van der Waals surface area contributed by atoms with Crippen LogP contribution < -0.4 is 0 Å². The van der Waals surface area contributed by atoms with Crippen LogP contribution in [0, 0.1) is 0 Å². The van der Waals surface area contributed by atoms with Gasteiger partial charge in [-0.2, -0.15) is 0 Å². The molecule has 0 saturated heterocycles. The van der Waals surface area contributed by atoms with Crippen molar-refractivity contribution in [2.24, 2.45) is 0 Å². The van der Waals surface area contributed by atoms with E-state index in [1.54, 1.807) is 0 Å². The predicted octanol–water partition coefficient (Wildman–Crippen LogP) is 10.1. The van der Waals surface area contributed by atoms with E-state index in [1.807, 2.05) is 78.9 Å². The lowest BCUT2D eigenvalue weighted by atomic mass is 9.99. The third-order valence-corrected chi connectivity index (χ3v) is 8.32. The summed E-state index contributed by atoms with van der Waals surface area (Å²) in [7, 11) is 0. The largest absolute Gasteiger partial charge is 0.455 e. The van der Waals surface area contributed by atoms with E-state index in [-0.39, 0.29) is 0 Å². The molecule has 0 bridgehead atoms. The molecule has 0 aliphatic rings. The van der Waals surface area contributed by atoms with Crippen molar-refractivity contribution < 1.29 is 4.42 Å². The Morgan fingerprint density at radius 1 is 0.378 bits per heavy atom. The van der Waals surface area contributed by atoms with Gasteiger partial charge in [-0.15, -0.1) is 0 Å². The van der Waals surface area contributed by atoms with Gasteiger partial charge in [0.2, 0.25) is 0 Å². The molecule has 0 unspecified atom stereocenters. The lowest BCUT2D eigenvalue weighted by Crippen LogP contribution is -2.00. The highest BCUT2D eigenvalue weighted by atomic mass is 16.3. The van der Waals surface area contributed by atoms with Crippen LogP contribution in [0.2, 0.25) is 0 Å². The van der Waals surface area contributed by atoms with E-state index in [9.17, 15) is 0 Å². The van der Waals surface area contributed by atoms with Gasteiger partial charge in [-0.25, -0.2) is 19.9 Å². The first kappa shape index (κ1) is 25.3. The lowest BCUT2D eigenvalue weighted by Gasteiger charge is -2.11. The first-order valence-electron chi connectivity index (χ1n) is 14.9. The number of hydrogen-bond acceptors (Lipinski definition) is 5. The zero-order valence-corrected chi connectivity index (χ0v) is 24.1. The standard InChI is InChI=1S/C40H24N4O/c1-3-12-27(13-4-1)38-42-39(28-14-5-2-6-15-28)44-40(43-38)29-21-19-26(20-22-29)35-34-31-17-9-10-18-33(31)45-37(34)32-24-23-25-11-7-8-16-30(25)36(32)41-35/h1-24H. The van der Waals surface area contributed by atoms with Crippen LogP contribution in [-0.2, 0) is 0 Å². The van der Waals surface area contributed by atoms with Crippen molar-refractivity contribution in [3.05, 3.63) is 146 Å². The Hall–Kier alpha value is -6.20. The minimum Gasteiger partial charge on any atom is -0.455 e. The maximum atomic E-state index is 6.51. The third-order valence-electron chi connectivity index (χ3n) is 8.32. The Balaban J connectivity index is 1.24. The van der Waals surface area contributed by atoms with Crippen molar-refractivity contribution in [1.29, 1.82) is 0 Å². The van der Waals surface area contributed by atoms with Crippen molar-refractivity contribution in [2.45, 2.75) is 0 Å². The smallest absolute Gasteiger partial charge is 0.164 e. The Morgan fingerprint density at radius 3 is 1.58 bits per heavy atom. The van der Waals surface area contributed by atoms with Crippen LogP contribution in [0.4, 0.5) is 0 Å². The maximum absolute atomic E-state index is 6.51. The summed E-state index contributed by atoms with van der Waals surface area (Å²) in [6.07, 6.45) is 0. The van der Waals surface area contributed by atoms with E-state index >= 15 is 0 Å². The molecule has 0 saturated carbocycles. The summed E-state index contributed by atoms with van der Waals surface area (Å²) >= 11 is 0. The summed E-state index contributed by atoms with van der Waals surface area (Å²) in [5.41, 5.74) is 7.28. The van der Waals surface area contributed by atoms with Crippen molar-refractivity contribution in [1.82, 2.24) is 19.9 Å². The molecule has 9 aromatic rings. The van der Waals surface area contributed by atoms with Crippen LogP contribution in [0.1, 0.15) is 0 Å². The molecule has 5 heteroatoms.